The number of nitrogens with zero attached hydrogens (tertiary/aromatic N) is 3. The molecule has 6 nitrogen and oxygen atoms in total. The Hall–Kier alpha value is -3.06. The first kappa shape index (κ1) is 20.8. The lowest BCUT2D eigenvalue weighted by molar-refractivity contribution is 0.403. The van der Waals surface area contributed by atoms with Crippen molar-refractivity contribution < 1.29 is 9.47 Å². The number of hydrogen-bond donors (Lipinski definition) is 1. The van der Waals surface area contributed by atoms with Gasteiger partial charge in [-0.05, 0) is 74.8 Å². The van der Waals surface area contributed by atoms with Crippen LogP contribution in [0.25, 0.3) is 0 Å². The average molecular weight is 449 g/mol. The Balaban J connectivity index is 1.69. The fourth-order valence-corrected chi connectivity index (χ4v) is 5.25. The summed E-state index contributed by atoms with van der Waals surface area (Å²) in [5.41, 5.74) is 5.66. The van der Waals surface area contributed by atoms with Gasteiger partial charge in [-0.1, -0.05) is 6.07 Å². The summed E-state index contributed by atoms with van der Waals surface area (Å²) in [7, 11) is 3.35. The molecule has 166 valence electrons. The number of thiocarbonyl (C=S) groups is 1. The number of rotatable bonds is 6. The normalized spacial score (nSPS) is 20.4. The first-order valence-electron chi connectivity index (χ1n) is 10.9. The van der Waals surface area contributed by atoms with Crippen molar-refractivity contribution in [1.82, 2.24) is 14.9 Å². The van der Waals surface area contributed by atoms with Crippen LogP contribution in [0.2, 0.25) is 0 Å². The zero-order valence-corrected chi connectivity index (χ0v) is 19.6. The van der Waals surface area contributed by atoms with Crippen molar-refractivity contribution in [3.05, 3.63) is 71.3 Å². The van der Waals surface area contributed by atoms with E-state index in [1.807, 2.05) is 36.5 Å². The summed E-state index contributed by atoms with van der Waals surface area (Å²) in [4.78, 5) is 6.83. The standard InChI is InChI=1S/C25H28N4O2S/c1-15-13-19(16(2)28(15)17-8-9-17)24-23(20-7-5-6-12-26-20)27-25(32)29(24)21-14-18(30-3)10-11-22(21)31-4/h5-7,10-14,17,23-24H,8-9H2,1-4H3,(H,27,32)/t23-,24-/m1/s1. The third-order valence-electron chi connectivity index (χ3n) is 6.50. The van der Waals surface area contributed by atoms with Crippen LogP contribution in [-0.4, -0.2) is 28.9 Å². The van der Waals surface area contributed by atoms with E-state index < -0.39 is 0 Å². The van der Waals surface area contributed by atoms with E-state index in [1.165, 1.54) is 29.8 Å². The monoisotopic (exact) mass is 448 g/mol. The number of aryl methyl sites for hydroxylation is 1. The van der Waals surface area contributed by atoms with Gasteiger partial charge in [0.2, 0.25) is 0 Å². The highest BCUT2D eigenvalue weighted by atomic mass is 32.1. The summed E-state index contributed by atoms with van der Waals surface area (Å²) in [6.45, 7) is 4.42. The molecule has 2 aliphatic rings. The number of benzene rings is 1. The molecule has 0 amide bonds. The van der Waals surface area contributed by atoms with Gasteiger partial charge in [0.05, 0.1) is 37.7 Å². The fourth-order valence-electron chi connectivity index (χ4n) is 4.91. The van der Waals surface area contributed by atoms with Crippen LogP contribution in [-0.2, 0) is 0 Å². The van der Waals surface area contributed by atoms with Gasteiger partial charge in [0.15, 0.2) is 5.11 Å². The van der Waals surface area contributed by atoms with Gasteiger partial charge in [-0.15, -0.1) is 0 Å². The van der Waals surface area contributed by atoms with E-state index in [-0.39, 0.29) is 12.1 Å². The van der Waals surface area contributed by atoms with E-state index in [0.717, 1.165) is 22.9 Å². The van der Waals surface area contributed by atoms with E-state index >= 15 is 0 Å². The van der Waals surface area contributed by atoms with Gasteiger partial charge in [-0.2, -0.15) is 0 Å². The van der Waals surface area contributed by atoms with Gasteiger partial charge in [0, 0.05) is 29.7 Å². The minimum Gasteiger partial charge on any atom is -0.497 e. The maximum absolute atomic E-state index is 5.89. The molecule has 7 heteroatoms. The van der Waals surface area contributed by atoms with Crippen molar-refractivity contribution in [2.45, 2.75) is 44.8 Å². The highest BCUT2D eigenvalue weighted by molar-refractivity contribution is 7.80. The summed E-state index contributed by atoms with van der Waals surface area (Å²) in [5, 5.41) is 4.19. The fraction of sp³-hybridized carbons (Fsp3) is 0.360. The summed E-state index contributed by atoms with van der Waals surface area (Å²) >= 11 is 5.89. The van der Waals surface area contributed by atoms with Crippen LogP contribution in [0.5, 0.6) is 11.5 Å². The third kappa shape index (κ3) is 3.41. The zero-order chi connectivity index (χ0) is 22.4. The molecular weight excluding hydrogens is 420 g/mol. The SMILES string of the molecule is COc1ccc(OC)c(N2C(=S)N[C@H](c3ccccn3)[C@H]2c2cc(C)n(C3CC3)c2C)c1. The van der Waals surface area contributed by atoms with Crippen LogP contribution in [0.4, 0.5) is 5.69 Å². The molecule has 2 fully saturated rings. The third-order valence-corrected chi connectivity index (χ3v) is 6.81. The van der Waals surface area contributed by atoms with E-state index in [0.29, 0.717) is 11.2 Å². The molecule has 0 unspecified atom stereocenters. The summed E-state index contributed by atoms with van der Waals surface area (Å²) in [6.07, 6.45) is 4.32. The molecule has 3 heterocycles. The topological polar surface area (TPSA) is 51.6 Å². The van der Waals surface area contributed by atoms with Crippen molar-refractivity contribution in [1.29, 1.82) is 0 Å². The maximum Gasteiger partial charge on any atom is 0.174 e. The number of nitrogens with one attached hydrogen (secondary N) is 1. The van der Waals surface area contributed by atoms with Crippen molar-refractivity contribution in [2.24, 2.45) is 0 Å². The quantitative estimate of drug-likeness (QED) is 0.534. The molecule has 32 heavy (non-hydrogen) atoms. The summed E-state index contributed by atoms with van der Waals surface area (Å²) in [6, 6.07) is 14.6. The summed E-state index contributed by atoms with van der Waals surface area (Å²) < 4.78 is 13.7. The number of pyridine rings is 1. The van der Waals surface area contributed by atoms with Gasteiger partial charge in [0.25, 0.3) is 0 Å². The van der Waals surface area contributed by atoms with Gasteiger partial charge in [-0.25, -0.2) is 0 Å². The van der Waals surface area contributed by atoms with Crippen molar-refractivity contribution in [2.75, 3.05) is 19.1 Å². The molecule has 2 aromatic heterocycles. The van der Waals surface area contributed by atoms with E-state index in [1.54, 1.807) is 14.2 Å². The molecule has 1 saturated heterocycles. The first-order chi connectivity index (χ1) is 15.5. The number of anilines is 1. The van der Waals surface area contributed by atoms with Crippen molar-refractivity contribution in [3.8, 4) is 11.5 Å². The Kier molecular flexibility index (Phi) is 5.29. The van der Waals surface area contributed by atoms with Gasteiger partial charge in [0.1, 0.15) is 11.5 Å². The van der Waals surface area contributed by atoms with Crippen LogP contribution in [0.1, 0.15) is 53.6 Å². The molecule has 3 aromatic rings. The van der Waals surface area contributed by atoms with E-state index in [4.69, 9.17) is 21.7 Å². The second-order valence-electron chi connectivity index (χ2n) is 8.46. The molecule has 0 spiro atoms. The van der Waals surface area contributed by atoms with Crippen LogP contribution >= 0.6 is 12.2 Å². The Labute approximate surface area is 194 Å². The predicted molar refractivity (Wildman–Crippen MR) is 130 cm³/mol. The molecule has 1 aliphatic carbocycles. The Morgan fingerprint density at radius 1 is 1.06 bits per heavy atom. The smallest absolute Gasteiger partial charge is 0.174 e. The van der Waals surface area contributed by atoms with Crippen LogP contribution in [0, 0.1) is 13.8 Å². The highest BCUT2D eigenvalue weighted by Crippen LogP contribution is 2.48. The molecule has 1 N–H and O–H groups in total. The molecule has 2 atom stereocenters. The van der Waals surface area contributed by atoms with Crippen LogP contribution < -0.4 is 19.7 Å². The first-order valence-corrected chi connectivity index (χ1v) is 11.3. The molecule has 5 rings (SSSR count). The number of aromatic nitrogens is 2. The number of hydrogen-bond acceptors (Lipinski definition) is 4. The van der Waals surface area contributed by atoms with Crippen LogP contribution in [0.15, 0.2) is 48.7 Å². The van der Waals surface area contributed by atoms with Gasteiger partial charge in [-0.3, -0.25) is 4.98 Å². The zero-order valence-electron chi connectivity index (χ0n) is 18.8. The highest BCUT2D eigenvalue weighted by Gasteiger charge is 2.44. The molecule has 0 bridgehead atoms. The van der Waals surface area contributed by atoms with Gasteiger partial charge < -0.3 is 24.3 Å². The molecule has 1 aromatic carbocycles. The Morgan fingerprint density at radius 2 is 1.88 bits per heavy atom. The van der Waals surface area contributed by atoms with E-state index in [9.17, 15) is 0 Å². The Morgan fingerprint density at radius 3 is 2.53 bits per heavy atom. The Bertz CT molecular complexity index is 1160. The minimum absolute atomic E-state index is 0.0721. The van der Waals surface area contributed by atoms with Gasteiger partial charge >= 0.3 is 0 Å². The predicted octanol–water partition coefficient (Wildman–Crippen LogP) is 5.03. The molecule has 1 saturated carbocycles. The lowest BCUT2D eigenvalue weighted by Crippen LogP contribution is -2.30. The largest absolute Gasteiger partial charge is 0.497 e. The minimum atomic E-state index is -0.0900. The molecular formula is C25H28N4O2S. The average Bonchev–Trinajstić information content (AvgIpc) is 3.52. The number of ether oxygens (including phenoxy) is 2. The van der Waals surface area contributed by atoms with Crippen molar-refractivity contribution in [3.63, 3.8) is 0 Å². The molecule has 1 aliphatic heterocycles. The maximum atomic E-state index is 5.89. The molecule has 0 radical (unpaired) electrons. The van der Waals surface area contributed by atoms with Crippen molar-refractivity contribution >= 4 is 23.0 Å². The second-order valence-corrected chi connectivity index (χ2v) is 8.85. The van der Waals surface area contributed by atoms with Crippen LogP contribution in [0.3, 0.4) is 0 Å². The lowest BCUT2D eigenvalue weighted by atomic mass is 9.96. The summed E-state index contributed by atoms with van der Waals surface area (Å²) in [5.74, 6) is 1.50. The second kappa shape index (κ2) is 8.13. The number of methoxy groups -OCH3 is 2. The van der Waals surface area contributed by atoms with E-state index in [2.05, 4.69) is 45.7 Å². The lowest BCUT2D eigenvalue weighted by Gasteiger charge is -2.29.